The van der Waals surface area contributed by atoms with Crippen molar-refractivity contribution in [3.63, 3.8) is 0 Å². The molecule has 2 amide bonds. The normalized spacial score (nSPS) is 10.0. The van der Waals surface area contributed by atoms with Gasteiger partial charge in [-0.05, 0) is 26.8 Å². The Kier molecular flexibility index (Phi) is 4.57. The Morgan fingerprint density at radius 1 is 1.50 bits per heavy atom. The Morgan fingerprint density at radius 2 is 2.25 bits per heavy atom. The molecule has 2 N–H and O–H groups in total. The first-order valence-electron chi connectivity index (χ1n) is 5.28. The van der Waals surface area contributed by atoms with Gasteiger partial charge >= 0.3 is 6.03 Å². The molecule has 1 rings (SSSR count). The zero-order valence-corrected chi connectivity index (χ0v) is 9.78. The van der Waals surface area contributed by atoms with E-state index in [2.05, 4.69) is 15.6 Å². The summed E-state index contributed by atoms with van der Waals surface area (Å²) in [6.07, 6.45) is 1.56. The van der Waals surface area contributed by atoms with Gasteiger partial charge in [-0.15, -0.1) is 0 Å². The molecule has 0 saturated heterocycles. The number of nitrogens with zero attached hydrogens (tertiary/aromatic N) is 1. The Labute approximate surface area is 95.2 Å². The van der Waals surface area contributed by atoms with Crippen molar-refractivity contribution in [3.8, 4) is 5.88 Å². The lowest BCUT2D eigenvalue weighted by molar-refractivity contribution is 0.250. The van der Waals surface area contributed by atoms with Crippen molar-refractivity contribution in [1.82, 2.24) is 10.3 Å². The quantitative estimate of drug-likeness (QED) is 0.820. The fourth-order valence-electron chi connectivity index (χ4n) is 1.12. The van der Waals surface area contributed by atoms with Crippen molar-refractivity contribution in [1.29, 1.82) is 0 Å². The summed E-state index contributed by atoms with van der Waals surface area (Å²) < 4.78 is 5.19. The molecule has 0 aromatic carbocycles. The molecule has 1 aromatic heterocycles. The largest absolute Gasteiger partial charge is 0.478 e. The van der Waals surface area contributed by atoms with Crippen LogP contribution in [0, 0.1) is 0 Å². The molecule has 0 aliphatic heterocycles. The number of carbonyl (C=O) groups is 1. The summed E-state index contributed by atoms with van der Waals surface area (Å²) in [4.78, 5) is 15.4. The summed E-state index contributed by atoms with van der Waals surface area (Å²) in [6, 6.07) is 3.34. The highest BCUT2D eigenvalue weighted by Crippen LogP contribution is 2.11. The predicted octanol–water partition coefficient (Wildman–Crippen LogP) is 2.01. The van der Waals surface area contributed by atoms with Crippen molar-refractivity contribution in [2.45, 2.75) is 26.8 Å². The van der Waals surface area contributed by atoms with E-state index < -0.39 is 0 Å². The van der Waals surface area contributed by atoms with Gasteiger partial charge in [0.2, 0.25) is 5.88 Å². The standard InChI is InChI=1S/C11H17N3O2/c1-4-16-10-6-5-9(7-12-10)14-11(15)13-8(2)3/h5-8H,4H2,1-3H3,(H2,13,14,15). The number of amides is 2. The van der Waals surface area contributed by atoms with Gasteiger partial charge in [-0.2, -0.15) is 0 Å². The van der Waals surface area contributed by atoms with Crippen LogP contribution in [-0.2, 0) is 0 Å². The Hall–Kier alpha value is -1.78. The summed E-state index contributed by atoms with van der Waals surface area (Å²) in [5.74, 6) is 0.553. The number of pyridine rings is 1. The topological polar surface area (TPSA) is 63.2 Å². The molecular weight excluding hydrogens is 206 g/mol. The fourth-order valence-corrected chi connectivity index (χ4v) is 1.12. The third-order valence-corrected chi connectivity index (χ3v) is 1.71. The molecule has 0 fully saturated rings. The molecule has 16 heavy (non-hydrogen) atoms. The van der Waals surface area contributed by atoms with Crippen molar-refractivity contribution in [2.75, 3.05) is 11.9 Å². The average molecular weight is 223 g/mol. The van der Waals surface area contributed by atoms with Crippen LogP contribution in [0.3, 0.4) is 0 Å². The lowest BCUT2D eigenvalue weighted by atomic mass is 10.4. The summed E-state index contributed by atoms with van der Waals surface area (Å²) in [7, 11) is 0. The van der Waals surface area contributed by atoms with Crippen LogP contribution in [0.15, 0.2) is 18.3 Å². The van der Waals surface area contributed by atoms with Crippen LogP contribution in [0.5, 0.6) is 5.88 Å². The molecule has 0 saturated carbocycles. The van der Waals surface area contributed by atoms with E-state index in [-0.39, 0.29) is 12.1 Å². The highest BCUT2D eigenvalue weighted by Gasteiger charge is 2.03. The molecule has 88 valence electrons. The van der Waals surface area contributed by atoms with Gasteiger partial charge in [-0.25, -0.2) is 9.78 Å². The van der Waals surface area contributed by atoms with Gasteiger partial charge in [0.05, 0.1) is 18.5 Å². The number of rotatable bonds is 4. The Bertz CT molecular complexity index is 336. The second-order valence-corrected chi connectivity index (χ2v) is 3.57. The molecule has 0 spiro atoms. The molecule has 5 nitrogen and oxygen atoms in total. The van der Waals surface area contributed by atoms with Crippen LogP contribution in [0.1, 0.15) is 20.8 Å². The molecule has 0 radical (unpaired) electrons. The number of anilines is 1. The molecule has 1 heterocycles. The average Bonchev–Trinajstić information content (AvgIpc) is 2.20. The molecule has 0 aliphatic rings. The summed E-state index contributed by atoms with van der Waals surface area (Å²) in [5, 5.41) is 5.40. The lowest BCUT2D eigenvalue weighted by Gasteiger charge is -2.10. The predicted molar refractivity (Wildman–Crippen MR) is 62.7 cm³/mol. The number of nitrogens with one attached hydrogen (secondary N) is 2. The number of aromatic nitrogens is 1. The Balaban J connectivity index is 2.51. The summed E-state index contributed by atoms with van der Waals surface area (Å²) in [5.41, 5.74) is 0.640. The first-order chi connectivity index (χ1) is 7.61. The fraction of sp³-hybridized carbons (Fsp3) is 0.455. The SMILES string of the molecule is CCOc1ccc(NC(=O)NC(C)C)cn1. The highest BCUT2D eigenvalue weighted by atomic mass is 16.5. The molecule has 5 heteroatoms. The maximum atomic E-state index is 11.4. The molecule has 1 aromatic rings. The van der Waals surface area contributed by atoms with Crippen LogP contribution in [0.2, 0.25) is 0 Å². The van der Waals surface area contributed by atoms with E-state index in [1.54, 1.807) is 18.3 Å². The minimum atomic E-state index is -0.235. The van der Waals surface area contributed by atoms with Crippen molar-refractivity contribution in [2.24, 2.45) is 0 Å². The zero-order valence-electron chi connectivity index (χ0n) is 9.78. The number of carbonyl (C=O) groups excluding carboxylic acids is 1. The van der Waals surface area contributed by atoms with E-state index in [0.717, 1.165) is 0 Å². The summed E-state index contributed by atoms with van der Waals surface area (Å²) in [6.45, 7) is 6.27. The third kappa shape index (κ3) is 4.16. The van der Waals surface area contributed by atoms with E-state index in [1.165, 1.54) is 0 Å². The highest BCUT2D eigenvalue weighted by molar-refractivity contribution is 5.89. The second-order valence-electron chi connectivity index (χ2n) is 3.57. The van der Waals surface area contributed by atoms with E-state index in [4.69, 9.17) is 4.74 Å². The van der Waals surface area contributed by atoms with Gasteiger partial charge in [-0.1, -0.05) is 0 Å². The van der Waals surface area contributed by atoms with Crippen LogP contribution >= 0.6 is 0 Å². The Morgan fingerprint density at radius 3 is 2.75 bits per heavy atom. The minimum Gasteiger partial charge on any atom is -0.478 e. The van der Waals surface area contributed by atoms with Crippen LogP contribution in [-0.4, -0.2) is 23.7 Å². The lowest BCUT2D eigenvalue weighted by Crippen LogP contribution is -2.34. The molecular formula is C11H17N3O2. The van der Waals surface area contributed by atoms with Crippen molar-refractivity contribution in [3.05, 3.63) is 18.3 Å². The van der Waals surface area contributed by atoms with Gasteiger partial charge in [-0.3, -0.25) is 0 Å². The van der Waals surface area contributed by atoms with E-state index in [1.807, 2.05) is 20.8 Å². The van der Waals surface area contributed by atoms with Gasteiger partial charge in [0.1, 0.15) is 0 Å². The van der Waals surface area contributed by atoms with Gasteiger partial charge in [0.25, 0.3) is 0 Å². The van der Waals surface area contributed by atoms with Crippen LogP contribution in [0.4, 0.5) is 10.5 Å². The molecule has 0 unspecified atom stereocenters. The molecule has 0 atom stereocenters. The number of hydrogen-bond acceptors (Lipinski definition) is 3. The van der Waals surface area contributed by atoms with Gasteiger partial charge in [0.15, 0.2) is 0 Å². The number of ether oxygens (including phenoxy) is 1. The molecule has 0 bridgehead atoms. The zero-order chi connectivity index (χ0) is 12.0. The van der Waals surface area contributed by atoms with Gasteiger partial charge in [0, 0.05) is 12.1 Å². The maximum Gasteiger partial charge on any atom is 0.319 e. The minimum absolute atomic E-state index is 0.107. The first-order valence-corrected chi connectivity index (χ1v) is 5.28. The monoisotopic (exact) mass is 223 g/mol. The summed E-state index contributed by atoms with van der Waals surface area (Å²) >= 11 is 0. The van der Waals surface area contributed by atoms with Crippen LogP contribution in [0.25, 0.3) is 0 Å². The molecule has 0 aliphatic carbocycles. The van der Waals surface area contributed by atoms with E-state index >= 15 is 0 Å². The number of hydrogen-bond donors (Lipinski definition) is 2. The third-order valence-electron chi connectivity index (χ3n) is 1.71. The number of urea groups is 1. The first kappa shape index (κ1) is 12.3. The van der Waals surface area contributed by atoms with Gasteiger partial charge < -0.3 is 15.4 Å². The second kappa shape index (κ2) is 5.95. The van der Waals surface area contributed by atoms with Crippen LogP contribution < -0.4 is 15.4 Å². The van der Waals surface area contributed by atoms with Crippen molar-refractivity contribution < 1.29 is 9.53 Å². The maximum absolute atomic E-state index is 11.4. The van der Waals surface area contributed by atoms with E-state index in [9.17, 15) is 4.79 Å². The smallest absolute Gasteiger partial charge is 0.319 e. The van der Waals surface area contributed by atoms with E-state index in [0.29, 0.717) is 18.2 Å². The van der Waals surface area contributed by atoms with Crippen molar-refractivity contribution >= 4 is 11.7 Å².